The average Bonchev–Trinajstić information content (AvgIpc) is 2.81. The van der Waals surface area contributed by atoms with Gasteiger partial charge in [-0.1, -0.05) is 55.2 Å². The monoisotopic (exact) mass is 569 g/mol. The highest BCUT2D eigenvalue weighted by Crippen LogP contribution is 2.28. The molecule has 2 amide bonds. The number of carbonyl (C=O) groups excluding carboxylic acids is 2. The zero-order chi connectivity index (χ0) is 27.9. The highest BCUT2D eigenvalue weighted by Gasteiger charge is 2.28. The molecule has 0 heterocycles. The maximum atomic E-state index is 13.4. The minimum absolute atomic E-state index is 0.0424. The van der Waals surface area contributed by atoms with E-state index in [0.717, 1.165) is 17.4 Å². The van der Waals surface area contributed by atoms with Gasteiger partial charge in [0.05, 0.1) is 11.9 Å². The van der Waals surface area contributed by atoms with Crippen LogP contribution in [0.25, 0.3) is 0 Å². The van der Waals surface area contributed by atoms with Crippen LogP contribution in [0, 0.1) is 19.8 Å². The van der Waals surface area contributed by atoms with Gasteiger partial charge in [0.1, 0.15) is 6.04 Å². The molecule has 0 saturated heterocycles. The lowest BCUT2D eigenvalue weighted by atomic mass is 10.1. The second-order valence-corrected chi connectivity index (χ2v) is 12.4. The molecule has 0 aromatic heterocycles. The third kappa shape index (κ3) is 8.62. The lowest BCUT2D eigenvalue weighted by molar-refractivity contribution is -0.140. The zero-order valence-corrected chi connectivity index (χ0v) is 24.7. The summed E-state index contributed by atoms with van der Waals surface area (Å²) in [4.78, 5) is 27.7. The van der Waals surface area contributed by atoms with E-state index in [9.17, 15) is 18.0 Å². The van der Waals surface area contributed by atoms with E-state index in [0.29, 0.717) is 27.8 Å². The molecule has 2 aromatic carbocycles. The van der Waals surface area contributed by atoms with Crippen LogP contribution in [0.4, 0.5) is 5.69 Å². The number of aryl methyl sites for hydroxylation is 1. The molecule has 2 aromatic rings. The van der Waals surface area contributed by atoms with Crippen molar-refractivity contribution in [3.05, 3.63) is 63.1 Å². The van der Waals surface area contributed by atoms with Crippen LogP contribution < -0.4 is 9.62 Å². The van der Waals surface area contributed by atoms with Crippen LogP contribution >= 0.6 is 23.2 Å². The molecule has 0 aliphatic carbocycles. The molecule has 0 unspecified atom stereocenters. The molecule has 0 aliphatic rings. The van der Waals surface area contributed by atoms with Crippen molar-refractivity contribution in [1.29, 1.82) is 0 Å². The smallest absolute Gasteiger partial charge is 0.242 e. The largest absolute Gasteiger partial charge is 0.354 e. The highest BCUT2D eigenvalue weighted by molar-refractivity contribution is 7.92. The number of nitrogens with one attached hydrogen (secondary N) is 1. The number of halogens is 2. The molecule has 0 aliphatic heterocycles. The van der Waals surface area contributed by atoms with E-state index >= 15 is 0 Å². The fraction of sp³-hybridized carbons (Fsp3) is 0.481. The standard InChI is InChI=1S/C27H37Cl2N3O4S/c1-18(2)16-30-27(34)21(5)31(17-22-23(28)11-8-12-24(22)29)26(33)14-9-15-32(37(6,35)36)25-13-7-10-19(3)20(25)4/h7-8,10-13,18,21H,9,14-17H2,1-6H3,(H,30,34)/t21-/m0/s1. The Balaban J connectivity index is 2.25. The zero-order valence-electron chi connectivity index (χ0n) is 22.3. The molecule has 0 radical (unpaired) electrons. The summed E-state index contributed by atoms with van der Waals surface area (Å²) in [5.41, 5.74) is 2.99. The number of benzene rings is 2. The third-order valence-corrected chi connectivity index (χ3v) is 8.13. The maximum Gasteiger partial charge on any atom is 0.242 e. The Kier molecular flexibility index (Phi) is 11.3. The first kappa shape index (κ1) is 30.9. The summed E-state index contributed by atoms with van der Waals surface area (Å²) in [6.07, 6.45) is 1.47. The fourth-order valence-corrected chi connectivity index (χ4v) is 5.41. The quantitative estimate of drug-likeness (QED) is 0.373. The van der Waals surface area contributed by atoms with Crippen molar-refractivity contribution in [3.63, 3.8) is 0 Å². The first-order valence-electron chi connectivity index (χ1n) is 12.3. The van der Waals surface area contributed by atoms with Gasteiger partial charge in [-0.05, 0) is 62.4 Å². The van der Waals surface area contributed by atoms with Crippen LogP contribution in [0.1, 0.15) is 50.3 Å². The van der Waals surface area contributed by atoms with E-state index in [-0.39, 0.29) is 43.7 Å². The lowest BCUT2D eigenvalue weighted by Gasteiger charge is -2.30. The van der Waals surface area contributed by atoms with Crippen molar-refractivity contribution in [2.45, 2.75) is 60.0 Å². The Morgan fingerprint density at radius 2 is 1.59 bits per heavy atom. The van der Waals surface area contributed by atoms with Gasteiger partial charge in [0.15, 0.2) is 0 Å². The predicted octanol–water partition coefficient (Wildman–Crippen LogP) is 5.35. The number of anilines is 1. The Hall–Kier alpha value is -2.29. The van der Waals surface area contributed by atoms with Crippen LogP contribution in [0.2, 0.25) is 10.0 Å². The Labute approximate surface area is 231 Å². The minimum atomic E-state index is -3.57. The Morgan fingerprint density at radius 1 is 1.00 bits per heavy atom. The molecular formula is C27H37Cl2N3O4S. The summed E-state index contributed by atoms with van der Waals surface area (Å²) in [5.74, 6) is -0.318. The molecule has 0 spiro atoms. The van der Waals surface area contributed by atoms with Crippen LogP contribution in [0.5, 0.6) is 0 Å². The van der Waals surface area contributed by atoms with Crippen molar-refractivity contribution in [2.24, 2.45) is 5.92 Å². The highest BCUT2D eigenvalue weighted by atomic mass is 35.5. The SMILES string of the molecule is Cc1cccc(N(CCCC(=O)N(Cc2c(Cl)cccc2Cl)[C@@H](C)C(=O)NCC(C)C)S(C)(=O)=O)c1C. The molecule has 7 nitrogen and oxygen atoms in total. The number of carbonyl (C=O) groups is 2. The summed E-state index contributed by atoms with van der Waals surface area (Å²) in [7, 11) is -3.57. The molecule has 37 heavy (non-hydrogen) atoms. The Bertz CT molecular complexity index is 1200. The lowest BCUT2D eigenvalue weighted by Crippen LogP contribution is -2.48. The number of rotatable bonds is 12. The van der Waals surface area contributed by atoms with Gasteiger partial charge >= 0.3 is 0 Å². The first-order chi connectivity index (χ1) is 17.2. The van der Waals surface area contributed by atoms with Gasteiger partial charge in [0.25, 0.3) is 0 Å². The van der Waals surface area contributed by atoms with Gasteiger partial charge in [0.2, 0.25) is 21.8 Å². The van der Waals surface area contributed by atoms with E-state index in [4.69, 9.17) is 23.2 Å². The number of amides is 2. The minimum Gasteiger partial charge on any atom is -0.354 e. The van der Waals surface area contributed by atoms with Crippen molar-refractivity contribution < 1.29 is 18.0 Å². The topological polar surface area (TPSA) is 86.8 Å². The number of sulfonamides is 1. The molecule has 0 saturated carbocycles. The number of hydrogen-bond acceptors (Lipinski definition) is 4. The molecule has 204 valence electrons. The van der Waals surface area contributed by atoms with E-state index in [2.05, 4.69) is 5.32 Å². The normalized spacial score (nSPS) is 12.4. The summed E-state index contributed by atoms with van der Waals surface area (Å²) in [5, 5.41) is 3.68. The van der Waals surface area contributed by atoms with Gasteiger partial charge in [-0.15, -0.1) is 0 Å². The molecule has 0 fully saturated rings. The number of nitrogens with zero attached hydrogens (tertiary/aromatic N) is 2. The third-order valence-electron chi connectivity index (χ3n) is 6.24. The summed E-state index contributed by atoms with van der Waals surface area (Å²) >= 11 is 12.7. The summed E-state index contributed by atoms with van der Waals surface area (Å²) in [6, 6.07) is 9.81. The summed E-state index contributed by atoms with van der Waals surface area (Å²) < 4.78 is 26.5. The second kappa shape index (κ2) is 13.5. The van der Waals surface area contributed by atoms with Crippen LogP contribution in [-0.4, -0.2) is 50.5 Å². The molecule has 10 heteroatoms. The molecule has 1 N–H and O–H groups in total. The van der Waals surface area contributed by atoms with Crippen molar-refractivity contribution in [1.82, 2.24) is 10.2 Å². The van der Waals surface area contributed by atoms with E-state index in [1.54, 1.807) is 31.2 Å². The van der Waals surface area contributed by atoms with Crippen LogP contribution in [-0.2, 0) is 26.2 Å². The van der Waals surface area contributed by atoms with Gasteiger partial charge in [-0.2, -0.15) is 0 Å². The van der Waals surface area contributed by atoms with E-state index in [1.807, 2.05) is 39.8 Å². The van der Waals surface area contributed by atoms with Crippen molar-refractivity contribution in [2.75, 3.05) is 23.7 Å². The summed E-state index contributed by atoms with van der Waals surface area (Å²) in [6.45, 7) is 10.1. The molecule has 2 rings (SSSR count). The fourth-order valence-electron chi connectivity index (χ4n) is 3.88. The van der Waals surface area contributed by atoms with Gasteiger partial charge in [-0.3, -0.25) is 13.9 Å². The second-order valence-electron chi connectivity index (χ2n) is 9.69. The Morgan fingerprint density at radius 3 is 2.16 bits per heavy atom. The van der Waals surface area contributed by atoms with Crippen LogP contribution in [0.15, 0.2) is 36.4 Å². The van der Waals surface area contributed by atoms with Gasteiger partial charge < -0.3 is 10.2 Å². The maximum absolute atomic E-state index is 13.4. The van der Waals surface area contributed by atoms with E-state index in [1.165, 1.54) is 9.21 Å². The van der Waals surface area contributed by atoms with Crippen molar-refractivity contribution in [3.8, 4) is 0 Å². The van der Waals surface area contributed by atoms with Gasteiger partial charge in [-0.25, -0.2) is 8.42 Å². The average molecular weight is 571 g/mol. The van der Waals surface area contributed by atoms with Crippen LogP contribution in [0.3, 0.4) is 0 Å². The van der Waals surface area contributed by atoms with Gasteiger partial charge in [0, 0.05) is 41.7 Å². The first-order valence-corrected chi connectivity index (χ1v) is 14.9. The molecule has 0 bridgehead atoms. The molecular weight excluding hydrogens is 533 g/mol. The predicted molar refractivity (Wildman–Crippen MR) is 152 cm³/mol. The molecule has 1 atom stereocenters. The van der Waals surface area contributed by atoms with Crippen molar-refractivity contribution >= 4 is 50.7 Å². The number of hydrogen-bond donors (Lipinski definition) is 1. The van der Waals surface area contributed by atoms with E-state index < -0.39 is 16.1 Å².